The third kappa shape index (κ3) is 3.97. The topological polar surface area (TPSA) is 64.3 Å². The molecule has 4 heteroatoms. The maximum Gasteiger partial charge on any atom is 0.238 e. The molecule has 4 nitrogen and oxygen atoms in total. The van der Waals surface area contributed by atoms with Gasteiger partial charge in [-0.2, -0.15) is 0 Å². The van der Waals surface area contributed by atoms with Gasteiger partial charge in [0.15, 0.2) is 0 Å². The summed E-state index contributed by atoms with van der Waals surface area (Å²) in [5, 5.41) is 3.22. The molecule has 1 fully saturated rings. The molecular formula is C16H24N2O2. The number of carbonyl (C=O) groups excluding carboxylic acids is 1. The van der Waals surface area contributed by atoms with Gasteiger partial charge in [0.25, 0.3) is 0 Å². The van der Waals surface area contributed by atoms with Crippen LogP contribution in [-0.4, -0.2) is 24.6 Å². The Morgan fingerprint density at radius 1 is 1.40 bits per heavy atom. The summed E-state index contributed by atoms with van der Waals surface area (Å²) in [4.78, 5) is 11.4. The van der Waals surface area contributed by atoms with Gasteiger partial charge in [-0.3, -0.25) is 4.79 Å². The lowest BCUT2D eigenvalue weighted by molar-refractivity contribution is -0.120. The first-order valence-corrected chi connectivity index (χ1v) is 7.15. The van der Waals surface area contributed by atoms with Gasteiger partial charge in [0.05, 0.1) is 0 Å². The fraction of sp³-hybridized carbons (Fsp3) is 0.562. The van der Waals surface area contributed by atoms with Gasteiger partial charge >= 0.3 is 0 Å². The van der Waals surface area contributed by atoms with E-state index in [4.69, 9.17) is 10.5 Å². The van der Waals surface area contributed by atoms with Crippen LogP contribution in [0.3, 0.4) is 0 Å². The Bertz CT molecular complexity index is 476. The summed E-state index contributed by atoms with van der Waals surface area (Å²) >= 11 is 0. The molecule has 0 saturated heterocycles. The number of ether oxygens (including phenoxy) is 1. The number of benzene rings is 1. The van der Waals surface area contributed by atoms with Gasteiger partial charge < -0.3 is 15.8 Å². The van der Waals surface area contributed by atoms with E-state index in [9.17, 15) is 4.79 Å². The third-order valence-electron chi connectivity index (χ3n) is 3.46. The molecule has 1 aliphatic rings. The average Bonchev–Trinajstić information content (AvgIpc) is 3.17. The van der Waals surface area contributed by atoms with Crippen molar-refractivity contribution in [2.45, 2.75) is 51.1 Å². The molecule has 0 aromatic heterocycles. The molecule has 20 heavy (non-hydrogen) atoms. The van der Waals surface area contributed by atoms with E-state index in [2.05, 4.69) is 32.2 Å². The standard InChI is InChI=1S/C16H24N2O2/c1-16(2,3)12-6-4-5-7-14(12)20-10-13(15(17)19)18-11-8-9-11/h4-7,11,13,18H,8-10H2,1-3H3,(H2,17,19). The fourth-order valence-electron chi connectivity index (χ4n) is 2.13. The lowest BCUT2D eigenvalue weighted by Gasteiger charge is -2.24. The molecule has 1 saturated carbocycles. The van der Waals surface area contributed by atoms with Crippen molar-refractivity contribution >= 4 is 5.91 Å². The number of primary amides is 1. The largest absolute Gasteiger partial charge is 0.491 e. The molecule has 1 atom stereocenters. The van der Waals surface area contributed by atoms with Crippen LogP contribution in [0, 0.1) is 0 Å². The van der Waals surface area contributed by atoms with Gasteiger partial charge in [-0.15, -0.1) is 0 Å². The number of nitrogens with one attached hydrogen (secondary N) is 1. The van der Waals surface area contributed by atoms with Crippen molar-refractivity contribution in [3.05, 3.63) is 29.8 Å². The van der Waals surface area contributed by atoms with Crippen LogP contribution >= 0.6 is 0 Å². The Morgan fingerprint density at radius 3 is 2.60 bits per heavy atom. The van der Waals surface area contributed by atoms with Crippen LogP contribution in [0.5, 0.6) is 5.75 Å². The van der Waals surface area contributed by atoms with Gasteiger partial charge in [0.1, 0.15) is 18.4 Å². The quantitative estimate of drug-likeness (QED) is 0.835. The Hall–Kier alpha value is -1.55. The summed E-state index contributed by atoms with van der Waals surface area (Å²) in [5.74, 6) is 0.467. The van der Waals surface area contributed by atoms with Crippen LogP contribution in [-0.2, 0) is 10.2 Å². The zero-order valence-electron chi connectivity index (χ0n) is 12.5. The lowest BCUT2D eigenvalue weighted by Crippen LogP contribution is -2.46. The number of nitrogens with two attached hydrogens (primary N) is 1. The highest BCUT2D eigenvalue weighted by atomic mass is 16.5. The second-order valence-corrected chi connectivity index (χ2v) is 6.45. The van der Waals surface area contributed by atoms with E-state index in [1.165, 1.54) is 0 Å². The van der Waals surface area contributed by atoms with E-state index in [1.54, 1.807) is 0 Å². The summed E-state index contributed by atoms with van der Waals surface area (Å²) in [6, 6.07) is 7.95. The smallest absolute Gasteiger partial charge is 0.238 e. The van der Waals surface area contributed by atoms with Crippen molar-refractivity contribution in [3.8, 4) is 5.75 Å². The zero-order chi connectivity index (χ0) is 14.8. The monoisotopic (exact) mass is 276 g/mol. The molecule has 0 heterocycles. The maximum atomic E-state index is 11.4. The van der Waals surface area contributed by atoms with Crippen molar-refractivity contribution in [1.82, 2.24) is 5.32 Å². The molecular weight excluding hydrogens is 252 g/mol. The molecule has 2 rings (SSSR count). The number of amides is 1. The van der Waals surface area contributed by atoms with Gasteiger partial charge in [-0.05, 0) is 29.9 Å². The molecule has 3 N–H and O–H groups in total. The number of hydrogen-bond donors (Lipinski definition) is 2. The van der Waals surface area contributed by atoms with Crippen LogP contribution in [0.2, 0.25) is 0 Å². The van der Waals surface area contributed by atoms with Crippen molar-refractivity contribution in [2.75, 3.05) is 6.61 Å². The van der Waals surface area contributed by atoms with Crippen LogP contribution < -0.4 is 15.8 Å². The van der Waals surface area contributed by atoms with Crippen LogP contribution in [0.15, 0.2) is 24.3 Å². The number of carbonyl (C=O) groups is 1. The minimum atomic E-state index is -0.421. The van der Waals surface area contributed by atoms with Crippen molar-refractivity contribution in [2.24, 2.45) is 5.73 Å². The first kappa shape index (κ1) is 14.9. The van der Waals surface area contributed by atoms with Crippen molar-refractivity contribution in [1.29, 1.82) is 0 Å². The summed E-state index contributed by atoms with van der Waals surface area (Å²) in [6.45, 7) is 6.70. The highest BCUT2D eigenvalue weighted by Gasteiger charge is 2.28. The van der Waals surface area contributed by atoms with Gasteiger partial charge in [-0.1, -0.05) is 39.0 Å². The molecule has 1 aliphatic carbocycles. The SMILES string of the molecule is CC(C)(C)c1ccccc1OCC(NC1CC1)C(N)=O. The Balaban J connectivity index is 2.03. The Labute approximate surface area is 120 Å². The predicted molar refractivity (Wildman–Crippen MR) is 79.8 cm³/mol. The molecule has 110 valence electrons. The van der Waals surface area contributed by atoms with Gasteiger partial charge in [0, 0.05) is 6.04 Å². The molecule has 0 spiro atoms. The second kappa shape index (κ2) is 5.83. The van der Waals surface area contributed by atoms with Gasteiger partial charge in [-0.25, -0.2) is 0 Å². The predicted octanol–water partition coefficient (Wildman–Crippen LogP) is 1.97. The molecule has 0 aliphatic heterocycles. The minimum absolute atomic E-state index is 0.00271. The first-order chi connectivity index (χ1) is 9.38. The average molecular weight is 276 g/mol. The lowest BCUT2D eigenvalue weighted by atomic mass is 9.86. The molecule has 1 unspecified atom stereocenters. The van der Waals surface area contributed by atoms with Crippen LogP contribution in [0.4, 0.5) is 0 Å². The van der Waals surface area contributed by atoms with Crippen molar-refractivity contribution < 1.29 is 9.53 Å². The fourth-order valence-corrected chi connectivity index (χ4v) is 2.13. The van der Waals surface area contributed by atoms with E-state index in [1.807, 2.05) is 18.2 Å². The molecule has 0 bridgehead atoms. The summed E-state index contributed by atoms with van der Waals surface area (Å²) in [5.41, 5.74) is 6.56. The Morgan fingerprint density at radius 2 is 2.05 bits per heavy atom. The second-order valence-electron chi connectivity index (χ2n) is 6.45. The van der Waals surface area contributed by atoms with E-state index >= 15 is 0 Å². The summed E-state index contributed by atoms with van der Waals surface area (Å²) in [7, 11) is 0. The van der Waals surface area contributed by atoms with E-state index in [0.29, 0.717) is 6.04 Å². The number of rotatable bonds is 6. The highest BCUT2D eigenvalue weighted by Crippen LogP contribution is 2.31. The molecule has 0 radical (unpaired) electrons. The molecule has 1 aromatic carbocycles. The van der Waals surface area contributed by atoms with E-state index in [-0.39, 0.29) is 17.9 Å². The third-order valence-corrected chi connectivity index (χ3v) is 3.46. The molecule has 1 amide bonds. The maximum absolute atomic E-state index is 11.4. The normalized spacial score (nSPS) is 16.8. The first-order valence-electron chi connectivity index (χ1n) is 7.15. The van der Waals surface area contributed by atoms with Crippen LogP contribution in [0.1, 0.15) is 39.2 Å². The van der Waals surface area contributed by atoms with Crippen LogP contribution in [0.25, 0.3) is 0 Å². The highest BCUT2D eigenvalue weighted by molar-refractivity contribution is 5.80. The van der Waals surface area contributed by atoms with Crippen molar-refractivity contribution in [3.63, 3.8) is 0 Å². The zero-order valence-corrected chi connectivity index (χ0v) is 12.5. The number of hydrogen-bond acceptors (Lipinski definition) is 3. The minimum Gasteiger partial charge on any atom is -0.491 e. The Kier molecular flexibility index (Phi) is 4.33. The van der Waals surface area contributed by atoms with Gasteiger partial charge in [0.2, 0.25) is 5.91 Å². The number of para-hydroxylation sites is 1. The van der Waals surface area contributed by atoms with E-state index < -0.39 is 6.04 Å². The molecule has 1 aromatic rings. The summed E-state index contributed by atoms with van der Waals surface area (Å²) < 4.78 is 5.85. The summed E-state index contributed by atoms with van der Waals surface area (Å²) in [6.07, 6.45) is 2.23. The van der Waals surface area contributed by atoms with E-state index in [0.717, 1.165) is 24.2 Å².